The number of allylic oxidation sites excluding steroid dienone is 4. The van der Waals surface area contributed by atoms with Crippen molar-refractivity contribution in [2.75, 3.05) is 14.2 Å². The van der Waals surface area contributed by atoms with Crippen molar-refractivity contribution in [3.8, 4) is 0 Å². The zero-order valence-corrected chi connectivity index (χ0v) is 30.2. The summed E-state index contributed by atoms with van der Waals surface area (Å²) in [6.45, 7) is 9.42. The number of halogens is 3. The van der Waals surface area contributed by atoms with E-state index in [1.807, 2.05) is 13.8 Å². The molecule has 0 saturated heterocycles. The first-order valence-corrected chi connectivity index (χ1v) is 16.7. The molecule has 0 aliphatic carbocycles. The summed E-state index contributed by atoms with van der Waals surface area (Å²) in [6, 6.07) is 6.63. The molecule has 8 bridgehead atoms. The predicted molar refractivity (Wildman–Crippen MR) is 189 cm³/mol. The normalized spacial score (nSPS) is 14.4. The predicted octanol–water partition coefficient (Wildman–Crippen LogP) is 7.92. The Kier molecular flexibility index (Phi) is 10.8. The summed E-state index contributed by atoms with van der Waals surface area (Å²) in [4.78, 5) is 52.6. The first-order chi connectivity index (χ1) is 24.4. The Bertz CT molecular complexity index is 2190. The quantitative estimate of drug-likeness (QED) is 0.147. The standard InChI is InChI=1S/C38H41F3N4O7/c1-17-23(9-11-33(48)50-7)29-16-30-24(10-12-34(49)51-8)18(2)26(43-30)14-31-35(21(5)46)19(3)28(44-31)15-32-36(37(38(39,40)41)52-22(6)47)20(4)27(45-32)13-25(17)42-29/h13-16,21,37,44-46H,9-12H2,1-8H3. The van der Waals surface area contributed by atoms with Crippen LogP contribution in [0.15, 0.2) is 24.3 Å². The molecule has 5 rings (SSSR count). The fourth-order valence-electron chi connectivity index (χ4n) is 6.77. The molecule has 3 aromatic rings. The van der Waals surface area contributed by atoms with Gasteiger partial charge >= 0.3 is 24.1 Å². The number of carbonyl (C=O) groups is 3. The second kappa shape index (κ2) is 14.8. The summed E-state index contributed by atoms with van der Waals surface area (Å²) < 4.78 is 58.5. The molecule has 0 aromatic carbocycles. The van der Waals surface area contributed by atoms with E-state index >= 15 is 0 Å². The number of alkyl halides is 3. The van der Waals surface area contributed by atoms with Gasteiger partial charge in [-0.3, -0.25) is 14.4 Å². The first-order valence-electron chi connectivity index (χ1n) is 16.7. The van der Waals surface area contributed by atoms with E-state index in [1.165, 1.54) is 27.2 Å². The Balaban J connectivity index is 1.96. The van der Waals surface area contributed by atoms with Gasteiger partial charge in [0.2, 0.25) is 6.10 Å². The third-order valence-electron chi connectivity index (χ3n) is 9.51. The van der Waals surface area contributed by atoms with E-state index in [9.17, 15) is 32.7 Å². The molecule has 0 spiro atoms. The fourth-order valence-corrected chi connectivity index (χ4v) is 6.77. The number of hydrogen-bond acceptors (Lipinski definition) is 9. The van der Waals surface area contributed by atoms with Gasteiger partial charge in [0.05, 0.1) is 43.1 Å². The van der Waals surface area contributed by atoms with Crippen molar-refractivity contribution in [1.82, 2.24) is 19.9 Å². The van der Waals surface area contributed by atoms with Crippen molar-refractivity contribution < 1.29 is 46.9 Å². The van der Waals surface area contributed by atoms with Gasteiger partial charge in [0.15, 0.2) is 0 Å². The van der Waals surface area contributed by atoms with E-state index in [4.69, 9.17) is 24.2 Å². The van der Waals surface area contributed by atoms with Crippen LogP contribution in [0.4, 0.5) is 13.2 Å². The number of esters is 3. The maximum Gasteiger partial charge on any atom is 0.429 e. The Morgan fingerprint density at radius 1 is 0.731 bits per heavy atom. The van der Waals surface area contributed by atoms with Gasteiger partial charge < -0.3 is 29.3 Å². The molecule has 11 nitrogen and oxygen atoms in total. The molecule has 0 saturated carbocycles. The molecule has 14 heteroatoms. The summed E-state index contributed by atoms with van der Waals surface area (Å²) in [5, 5.41) is 10.9. The molecule has 2 aliphatic rings. The van der Waals surface area contributed by atoms with Gasteiger partial charge in [0, 0.05) is 53.0 Å². The van der Waals surface area contributed by atoms with Crippen LogP contribution in [0, 0.1) is 13.8 Å². The molecule has 0 radical (unpaired) electrons. The Morgan fingerprint density at radius 3 is 1.62 bits per heavy atom. The van der Waals surface area contributed by atoms with E-state index in [0.717, 1.165) is 18.1 Å². The molecule has 0 fully saturated rings. The van der Waals surface area contributed by atoms with Gasteiger partial charge in [-0.05, 0) is 105 Å². The zero-order valence-electron chi connectivity index (χ0n) is 30.2. The summed E-state index contributed by atoms with van der Waals surface area (Å²) in [6.07, 6.45) is -7.82. The maximum absolute atomic E-state index is 14.6. The number of aliphatic hydroxyl groups excluding tert-OH is 1. The number of methoxy groups -OCH3 is 2. The van der Waals surface area contributed by atoms with Crippen LogP contribution in [0.1, 0.15) is 111 Å². The van der Waals surface area contributed by atoms with E-state index in [0.29, 0.717) is 62.5 Å². The number of hydrogen-bond donors (Lipinski definition) is 3. The second-order valence-electron chi connectivity index (χ2n) is 12.9. The minimum atomic E-state index is -4.95. The van der Waals surface area contributed by atoms with Crippen LogP contribution in [0.2, 0.25) is 0 Å². The van der Waals surface area contributed by atoms with Crippen LogP contribution in [-0.4, -0.2) is 63.3 Å². The Hall–Kier alpha value is -5.24. The topological polar surface area (TPSA) is 156 Å². The van der Waals surface area contributed by atoms with Crippen molar-refractivity contribution in [3.63, 3.8) is 0 Å². The number of ether oxygens (including phenoxy) is 3. The van der Waals surface area contributed by atoms with E-state index in [-0.39, 0.29) is 41.4 Å². The molecule has 2 aliphatic heterocycles. The lowest BCUT2D eigenvalue weighted by Crippen LogP contribution is -2.25. The average Bonchev–Trinajstić information content (AvgIpc) is 3.73. The number of rotatable bonds is 9. The zero-order chi connectivity index (χ0) is 38.2. The van der Waals surface area contributed by atoms with Crippen molar-refractivity contribution in [2.24, 2.45) is 0 Å². The molecule has 2 atom stereocenters. The van der Waals surface area contributed by atoms with Crippen molar-refractivity contribution >= 4 is 62.3 Å². The summed E-state index contributed by atoms with van der Waals surface area (Å²) in [5.74, 6) is -1.93. The number of nitrogens with zero attached hydrogens (tertiary/aromatic N) is 2. The number of aliphatic hydroxyl groups is 1. The van der Waals surface area contributed by atoms with Crippen LogP contribution < -0.4 is 0 Å². The highest BCUT2D eigenvalue weighted by atomic mass is 19.4. The first kappa shape index (κ1) is 38.0. The van der Waals surface area contributed by atoms with Crippen LogP contribution in [0.5, 0.6) is 0 Å². The fraction of sp³-hybridized carbons (Fsp3) is 0.395. The van der Waals surface area contributed by atoms with Crippen LogP contribution >= 0.6 is 0 Å². The molecule has 0 amide bonds. The second-order valence-corrected chi connectivity index (χ2v) is 12.9. The molecule has 2 unspecified atom stereocenters. The largest absolute Gasteiger partial charge is 0.469 e. The minimum absolute atomic E-state index is 0.0318. The van der Waals surface area contributed by atoms with Gasteiger partial charge in [-0.2, -0.15) is 13.2 Å². The number of aromatic amines is 2. The lowest BCUT2D eigenvalue weighted by Gasteiger charge is -2.20. The van der Waals surface area contributed by atoms with Gasteiger partial charge in [-0.15, -0.1) is 0 Å². The number of H-pyrrole nitrogens is 2. The minimum Gasteiger partial charge on any atom is -0.469 e. The monoisotopic (exact) mass is 722 g/mol. The third kappa shape index (κ3) is 7.52. The number of fused-ring (bicyclic) bond motifs is 8. The average molecular weight is 723 g/mol. The number of nitrogens with one attached hydrogen (secondary N) is 2. The SMILES string of the molecule is COC(=O)CCC1=C(C)c2cc3[nH]c(cc4[nH]c(cc5nc(cc1n2)C(CCC(=O)OC)=C5C)c(C(C)O)c4C)c(C(OC(C)=O)C(F)(F)F)c3C. The Morgan fingerprint density at radius 2 is 1.17 bits per heavy atom. The molecule has 276 valence electrons. The molecular weight excluding hydrogens is 681 g/mol. The molecular formula is C38H41F3N4O7. The van der Waals surface area contributed by atoms with Gasteiger partial charge in [0.25, 0.3) is 0 Å². The summed E-state index contributed by atoms with van der Waals surface area (Å²) >= 11 is 0. The molecule has 3 N–H and O–H groups in total. The lowest BCUT2D eigenvalue weighted by molar-refractivity contribution is -0.222. The van der Waals surface area contributed by atoms with Crippen molar-refractivity contribution in [2.45, 2.75) is 85.6 Å². The lowest BCUT2D eigenvalue weighted by atomic mass is 9.98. The molecule has 3 aromatic heterocycles. The number of aromatic nitrogens is 4. The van der Waals surface area contributed by atoms with Gasteiger partial charge in [-0.1, -0.05) is 0 Å². The smallest absolute Gasteiger partial charge is 0.429 e. The summed E-state index contributed by atoms with van der Waals surface area (Å²) in [5.41, 5.74) is 7.09. The molecule has 52 heavy (non-hydrogen) atoms. The van der Waals surface area contributed by atoms with Crippen LogP contribution in [0.3, 0.4) is 0 Å². The Labute approximate surface area is 297 Å². The van der Waals surface area contributed by atoms with E-state index in [1.54, 1.807) is 32.0 Å². The highest BCUT2D eigenvalue weighted by Gasteiger charge is 2.46. The van der Waals surface area contributed by atoms with E-state index in [2.05, 4.69) is 9.97 Å². The van der Waals surface area contributed by atoms with E-state index < -0.39 is 36.3 Å². The van der Waals surface area contributed by atoms with Gasteiger partial charge in [0.1, 0.15) is 0 Å². The highest BCUT2D eigenvalue weighted by molar-refractivity contribution is 5.96. The van der Waals surface area contributed by atoms with Crippen molar-refractivity contribution in [1.29, 1.82) is 0 Å². The number of carbonyl (C=O) groups excluding carboxylic acids is 3. The summed E-state index contributed by atoms with van der Waals surface area (Å²) in [7, 11) is 2.61. The number of aryl methyl sites for hydroxylation is 2. The van der Waals surface area contributed by atoms with Crippen LogP contribution in [0.25, 0.3) is 44.4 Å². The third-order valence-corrected chi connectivity index (χ3v) is 9.51. The maximum atomic E-state index is 14.6. The van der Waals surface area contributed by atoms with Crippen LogP contribution in [-0.2, 0) is 28.6 Å². The highest BCUT2D eigenvalue weighted by Crippen LogP contribution is 2.42. The van der Waals surface area contributed by atoms with Crippen molar-refractivity contribution in [3.05, 3.63) is 69.3 Å². The van der Waals surface area contributed by atoms with Gasteiger partial charge in [-0.25, -0.2) is 9.97 Å². The molecule has 5 heterocycles.